The molecule has 1 heterocycles. The van der Waals surface area contributed by atoms with Gasteiger partial charge in [0.1, 0.15) is 0 Å². The summed E-state index contributed by atoms with van der Waals surface area (Å²) in [7, 11) is 0. The van der Waals surface area contributed by atoms with Crippen LogP contribution in [0.2, 0.25) is 0 Å². The van der Waals surface area contributed by atoms with Crippen molar-refractivity contribution in [3.05, 3.63) is 95.6 Å². The average molecular weight is 471 g/mol. The molecule has 0 radical (unpaired) electrons. The van der Waals surface area contributed by atoms with E-state index in [9.17, 15) is 14.4 Å². The maximum atomic E-state index is 12.9. The van der Waals surface area contributed by atoms with Crippen LogP contribution in [0, 0.1) is 0 Å². The molecular weight excluding hydrogens is 440 g/mol. The lowest BCUT2D eigenvalue weighted by atomic mass is 9.90. The Hall–Kier alpha value is -4.13. The van der Waals surface area contributed by atoms with Crippen LogP contribution in [0.3, 0.4) is 0 Å². The Morgan fingerprint density at radius 1 is 0.886 bits per heavy atom. The number of carbonyl (C=O) groups excluding carboxylic acids is 3. The Balaban J connectivity index is 1.35. The minimum atomic E-state index is -0.326. The Kier molecular flexibility index (Phi) is 7.45. The van der Waals surface area contributed by atoms with E-state index in [1.807, 2.05) is 67.6 Å². The molecule has 3 aromatic carbocycles. The van der Waals surface area contributed by atoms with Crippen molar-refractivity contribution in [3.8, 4) is 0 Å². The molecular formula is C28H30N4O3. The van der Waals surface area contributed by atoms with E-state index in [0.29, 0.717) is 17.9 Å². The van der Waals surface area contributed by atoms with E-state index in [-0.39, 0.29) is 36.3 Å². The Morgan fingerprint density at radius 2 is 1.51 bits per heavy atom. The van der Waals surface area contributed by atoms with Gasteiger partial charge < -0.3 is 20.9 Å². The number of rotatable bonds is 6. The first-order valence-corrected chi connectivity index (χ1v) is 11.8. The monoisotopic (exact) mass is 470 g/mol. The summed E-state index contributed by atoms with van der Waals surface area (Å²) < 4.78 is 0. The second-order valence-electron chi connectivity index (χ2n) is 8.74. The van der Waals surface area contributed by atoms with Crippen LogP contribution >= 0.6 is 0 Å². The average Bonchev–Trinajstić information content (AvgIpc) is 2.85. The van der Waals surface area contributed by atoms with Gasteiger partial charge in [0.05, 0.1) is 18.5 Å². The van der Waals surface area contributed by atoms with Gasteiger partial charge in [0.2, 0.25) is 11.8 Å². The van der Waals surface area contributed by atoms with Crippen molar-refractivity contribution in [2.45, 2.75) is 38.8 Å². The number of nitrogens with zero attached hydrogens (tertiary/aromatic N) is 1. The van der Waals surface area contributed by atoms with Crippen LogP contribution in [0.25, 0.3) is 0 Å². The predicted molar refractivity (Wildman–Crippen MR) is 137 cm³/mol. The summed E-state index contributed by atoms with van der Waals surface area (Å²) in [5.41, 5.74) is 4.51. The molecule has 1 aliphatic rings. The molecule has 3 aromatic rings. The van der Waals surface area contributed by atoms with Gasteiger partial charge in [-0.25, -0.2) is 4.79 Å². The van der Waals surface area contributed by atoms with Gasteiger partial charge in [0, 0.05) is 24.8 Å². The molecule has 0 fully saturated rings. The lowest BCUT2D eigenvalue weighted by Crippen LogP contribution is -2.41. The number of anilines is 2. The molecule has 35 heavy (non-hydrogen) atoms. The maximum Gasteiger partial charge on any atom is 0.323 e. The molecule has 0 saturated heterocycles. The zero-order valence-electron chi connectivity index (χ0n) is 20.0. The van der Waals surface area contributed by atoms with Crippen LogP contribution in [-0.4, -0.2) is 29.3 Å². The van der Waals surface area contributed by atoms with Gasteiger partial charge in [-0.05, 0) is 54.3 Å². The normalized spacial score (nSPS) is 15.5. The molecule has 2 unspecified atom stereocenters. The molecule has 0 spiro atoms. The molecule has 0 aromatic heterocycles. The molecule has 0 aliphatic carbocycles. The van der Waals surface area contributed by atoms with E-state index >= 15 is 0 Å². The van der Waals surface area contributed by atoms with Crippen molar-refractivity contribution in [3.63, 3.8) is 0 Å². The third-order valence-electron chi connectivity index (χ3n) is 6.27. The van der Waals surface area contributed by atoms with Crippen LogP contribution in [0.15, 0.2) is 78.9 Å². The van der Waals surface area contributed by atoms with Crippen molar-refractivity contribution >= 4 is 29.2 Å². The minimum absolute atomic E-state index is 0.0234. The first-order chi connectivity index (χ1) is 16.9. The number of urea groups is 1. The fraction of sp³-hybridized carbons (Fsp3) is 0.250. The van der Waals surface area contributed by atoms with E-state index in [4.69, 9.17) is 0 Å². The van der Waals surface area contributed by atoms with E-state index in [1.54, 1.807) is 24.0 Å². The highest BCUT2D eigenvalue weighted by Gasteiger charge is 2.30. The molecule has 4 amide bonds. The number of carbonyl (C=O) groups is 3. The van der Waals surface area contributed by atoms with Crippen LogP contribution in [-0.2, 0) is 16.0 Å². The number of hydrogen-bond donors (Lipinski definition) is 3. The minimum Gasteiger partial charge on any atom is -0.350 e. The first-order valence-electron chi connectivity index (χ1n) is 11.8. The highest BCUT2D eigenvalue weighted by atomic mass is 16.2. The Labute approximate surface area is 205 Å². The molecule has 7 nitrogen and oxygen atoms in total. The number of fused-ring (bicyclic) bond motifs is 1. The van der Waals surface area contributed by atoms with Gasteiger partial charge in [-0.3, -0.25) is 9.59 Å². The SMILES string of the molecule is CC(=O)N1CCc2ccccc2C1CC(=O)NC(C)c1ccc(NC(=O)Nc2ccccc2)cc1. The quantitative estimate of drug-likeness (QED) is 0.471. The Bertz CT molecular complexity index is 1190. The summed E-state index contributed by atoms with van der Waals surface area (Å²) in [6.07, 6.45) is 1.01. The van der Waals surface area contributed by atoms with Crippen molar-refractivity contribution in [1.82, 2.24) is 10.2 Å². The van der Waals surface area contributed by atoms with E-state index in [2.05, 4.69) is 22.0 Å². The van der Waals surface area contributed by atoms with Gasteiger partial charge in [-0.15, -0.1) is 0 Å². The molecule has 7 heteroatoms. The van der Waals surface area contributed by atoms with Crippen molar-refractivity contribution in [1.29, 1.82) is 0 Å². The van der Waals surface area contributed by atoms with Crippen LogP contribution in [0.5, 0.6) is 0 Å². The highest BCUT2D eigenvalue weighted by Crippen LogP contribution is 2.32. The van der Waals surface area contributed by atoms with E-state index < -0.39 is 0 Å². The van der Waals surface area contributed by atoms with Gasteiger partial charge in [0.25, 0.3) is 0 Å². The van der Waals surface area contributed by atoms with Gasteiger partial charge in [-0.2, -0.15) is 0 Å². The number of benzene rings is 3. The fourth-order valence-corrected chi connectivity index (χ4v) is 4.48. The third-order valence-corrected chi connectivity index (χ3v) is 6.27. The molecule has 3 N–H and O–H groups in total. The lowest BCUT2D eigenvalue weighted by molar-refractivity contribution is -0.133. The van der Waals surface area contributed by atoms with E-state index in [1.165, 1.54) is 5.56 Å². The van der Waals surface area contributed by atoms with Gasteiger partial charge in [-0.1, -0.05) is 54.6 Å². The second-order valence-corrected chi connectivity index (χ2v) is 8.74. The Morgan fingerprint density at radius 3 is 2.20 bits per heavy atom. The van der Waals surface area contributed by atoms with Crippen LogP contribution < -0.4 is 16.0 Å². The van der Waals surface area contributed by atoms with Crippen molar-refractivity contribution in [2.75, 3.05) is 17.2 Å². The van der Waals surface area contributed by atoms with Crippen molar-refractivity contribution < 1.29 is 14.4 Å². The summed E-state index contributed by atoms with van der Waals surface area (Å²) in [5.74, 6) is -0.139. The van der Waals surface area contributed by atoms with Crippen molar-refractivity contribution in [2.24, 2.45) is 0 Å². The standard InChI is InChI=1S/C28H30N4O3/c1-19(21-12-14-24(15-13-21)31-28(35)30-23-9-4-3-5-10-23)29-27(34)18-26-25-11-7-6-8-22(25)16-17-32(26)20(2)33/h3-15,19,26H,16-18H2,1-2H3,(H,29,34)(H2,30,31,35). The summed E-state index contributed by atoms with van der Waals surface area (Å²) in [4.78, 5) is 39.1. The molecule has 1 aliphatic heterocycles. The molecule has 2 atom stereocenters. The predicted octanol–water partition coefficient (Wildman–Crippen LogP) is 5.04. The molecule has 0 bridgehead atoms. The zero-order valence-corrected chi connectivity index (χ0v) is 20.0. The lowest BCUT2D eigenvalue weighted by Gasteiger charge is -2.36. The number of amides is 4. The first kappa shape index (κ1) is 24.0. The number of hydrogen-bond acceptors (Lipinski definition) is 3. The van der Waals surface area contributed by atoms with Gasteiger partial charge in [0.15, 0.2) is 0 Å². The smallest absolute Gasteiger partial charge is 0.323 e. The third kappa shape index (κ3) is 6.06. The molecule has 4 rings (SSSR count). The topological polar surface area (TPSA) is 90.5 Å². The van der Waals surface area contributed by atoms with Gasteiger partial charge >= 0.3 is 6.03 Å². The molecule has 180 valence electrons. The summed E-state index contributed by atoms with van der Waals surface area (Å²) >= 11 is 0. The maximum absolute atomic E-state index is 12.9. The van der Waals surface area contributed by atoms with Crippen LogP contribution in [0.4, 0.5) is 16.2 Å². The largest absolute Gasteiger partial charge is 0.350 e. The van der Waals surface area contributed by atoms with Crippen LogP contribution in [0.1, 0.15) is 49.0 Å². The highest BCUT2D eigenvalue weighted by molar-refractivity contribution is 5.99. The van der Waals surface area contributed by atoms with E-state index in [0.717, 1.165) is 17.5 Å². The summed E-state index contributed by atoms with van der Waals surface area (Å²) in [6.45, 7) is 4.09. The fourth-order valence-electron chi connectivity index (χ4n) is 4.48. The summed E-state index contributed by atoms with van der Waals surface area (Å²) in [5, 5.41) is 8.63. The zero-order chi connectivity index (χ0) is 24.8. The summed E-state index contributed by atoms with van der Waals surface area (Å²) in [6, 6.07) is 23.8. The molecule has 0 saturated carbocycles. The second kappa shape index (κ2) is 10.9. The number of para-hydroxylation sites is 1. The number of nitrogens with one attached hydrogen (secondary N) is 3.